The number of primary amides is 1. The molecule has 0 fully saturated rings. The van der Waals surface area contributed by atoms with Crippen LogP contribution in [0.5, 0.6) is 0 Å². The summed E-state index contributed by atoms with van der Waals surface area (Å²) in [6, 6.07) is 5.75. The van der Waals surface area contributed by atoms with Crippen molar-refractivity contribution >= 4 is 11.8 Å². The van der Waals surface area contributed by atoms with Gasteiger partial charge in [0.15, 0.2) is 0 Å². The van der Waals surface area contributed by atoms with Crippen molar-refractivity contribution in [3.8, 4) is 0 Å². The van der Waals surface area contributed by atoms with Gasteiger partial charge in [-0.25, -0.2) is 4.79 Å². The Hall–Kier alpha value is -2.11. The Balaban J connectivity index is 2.96. The van der Waals surface area contributed by atoms with Crippen LogP contribution in [0.2, 0.25) is 0 Å². The fraction of sp³-hybridized carbons (Fsp3) is 0.300. The zero-order chi connectivity index (χ0) is 12.3. The first kappa shape index (κ1) is 12.0. The molecule has 0 saturated carbocycles. The Labute approximate surface area is 92.2 Å². The lowest BCUT2D eigenvalue weighted by Crippen LogP contribution is -2.28. The van der Waals surface area contributed by atoms with E-state index in [0.29, 0.717) is 5.56 Å². The lowest BCUT2D eigenvalue weighted by Gasteiger charge is -2.24. The van der Waals surface area contributed by atoms with Gasteiger partial charge in [-0.3, -0.25) is 10.1 Å². The molecule has 0 aliphatic rings. The standard InChI is InChI=1S/C10H12N2O4/c1-10(2,16-9(11)13)7-3-5-8(6-4-7)12(14)15/h3-6H,1-2H3,(H2,11,13). The first-order valence-electron chi connectivity index (χ1n) is 4.56. The van der Waals surface area contributed by atoms with E-state index in [9.17, 15) is 14.9 Å². The minimum absolute atomic E-state index is 0.0152. The van der Waals surface area contributed by atoms with Crippen LogP contribution in [0.15, 0.2) is 24.3 Å². The molecule has 86 valence electrons. The number of non-ortho nitro benzene ring substituents is 1. The maximum atomic E-state index is 10.7. The normalized spacial score (nSPS) is 10.9. The fourth-order valence-corrected chi connectivity index (χ4v) is 1.29. The highest BCUT2D eigenvalue weighted by Gasteiger charge is 2.24. The van der Waals surface area contributed by atoms with Crippen LogP contribution in [0.4, 0.5) is 10.5 Å². The number of nitro benzene ring substituents is 1. The summed E-state index contributed by atoms with van der Waals surface area (Å²) in [6.45, 7) is 3.30. The quantitative estimate of drug-likeness (QED) is 0.626. The number of hydrogen-bond donors (Lipinski definition) is 1. The van der Waals surface area contributed by atoms with Crippen LogP contribution in [0.25, 0.3) is 0 Å². The van der Waals surface area contributed by atoms with Gasteiger partial charge in [0.25, 0.3) is 5.69 Å². The van der Waals surface area contributed by atoms with Gasteiger partial charge in [-0.15, -0.1) is 0 Å². The Bertz CT molecular complexity index is 411. The monoisotopic (exact) mass is 224 g/mol. The molecule has 6 nitrogen and oxygen atoms in total. The molecule has 1 aromatic rings. The van der Waals surface area contributed by atoms with Crippen molar-refractivity contribution in [1.29, 1.82) is 0 Å². The predicted octanol–water partition coefficient (Wildman–Crippen LogP) is 1.93. The van der Waals surface area contributed by atoms with Crippen LogP contribution >= 0.6 is 0 Å². The van der Waals surface area contributed by atoms with Crippen molar-refractivity contribution in [3.05, 3.63) is 39.9 Å². The molecular weight excluding hydrogens is 212 g/mol. The van der Waals surface area contributed by atoms with Crippen molar-refractivity contribution in [3.63, 3.8) is 0 Å². The van der Waals surface area contributed by atoms with E-state index in [1.165, 1.54) is 24.3 Å². The van der Waals surface area contributed by atoms with Gasteiger partial charge >= 0.3 is 6.09 Å². The van der Waals surface area contributed by atoms with Crippen molar-refractivity contribution in [2.45, 2.75) is 19.4 Å². The number of rotatable bonds is 3. The van der Waals surface area contributed by atoms with E-state index in [1.807, 2.05) is 0 Å². The van der Waals surface area contributed by atoms with E-state index >= 15 is 0 Å². The third-order valence-corrected chi connectivity index (χ3v) is 2.13. The number of benzene rings is 1. The van der Waals surface area contributed by atoms with Gasteiger partial charge in [0.05, 0.1) is 4.92 Å². The fourth-order valence-electron chi connectivity index (χ4n) is 1.29. The molecule has 0 aromatic heterocycles. The highest BCUT2D eigenvalue weighted by molar-refractivity contribution is 5.65. The molecule has 1 rings (SSSR count). The highest BCUT2D eigenvalue weighted by atomic mass is 16.6. The van der Waals surface area contributed by atoms with Crippen molar-refractivity contribution in [1.82, 2.24) is 0 Å². The summed E-state index contributed by atoms with van der Waals surface area (Å²) in [7, 11) is 0. The van der Waals surface area contributed by atoms with E-state index in [-0.39, 0.29) is 5.69 Å². The second-order valence-electron chi connectivity index (χ2n) is 3.74. The SMILES string of the molecule is CC(C)(OC(N)=O)c1ccc([N+](=O)[O-])cc1. The first-order valence-corrected chi connectivity index (χ1v) is 4.56. The molecule has 6 heteroatoms. The van der Waals surface area contributed by atoms with Gasteiger partial charge in [-0.2, -0.15) is 0 Å². The second kappa shape index (κ2) is 4.18. The number of carbonyl (C=O) groups excluding carboxylic acids is 1. The molecule has 2 N–H and O–H groups in total. The van der Waals surface area contributed by atoms with E-state index in [1.54, 1.807) is 13.8 Å². The molecule has 1 amide bonds. The van der Waals surface area contributed by atoms with Crippen molar-refractivity contribution in [2.24, 2.45) is 5.73 Å². The maximum absolute atomic E-state index is 10.7. The predicted molar refractivity (Wildman–Crippen MR) is 56.8 cm³/mol. The van der Waals surface area contributed by atoms with Gasteiger partial charge in [-0.05, 0) is 31.5 Å². The van der Waals surface area contributed by atoms with Crippen LogP contribution in [-0.2, 0) is 10.3 Å². The molecule has 0 atom stereocenters. The molecule has 0 aliphatic carbocycles. The molecule has 16 heavy (non-hydrogen) atoms. The lowest BCUT2D eigenvalue weighted by molar-refractivity contribution is -0.384. The third kappa shape index (κ3) is 2.69. The van der Waals surface area contributed by atoms with E-state index in [4.69, 9.17) is 10.5 Å². The Morgan fingerprint density at radius 1 is 1.38 bits per heavy atom. The minimum Gasteiger partial charge on any atom is -0.439 e. The lowest BCUT2D eigenvalue weighted by atomic mass is 9.98. The zero-order valence-corrected chi connectivity index (χ0v) is 8.97. The molecule has 1 aromatic carbocycles. The van der Waals surface area contributed by atoms with E-state index in [0.717, 1.165) is 0 Å². The topological polar surface area (TPSA) is 95.5 Å². The molecule has 0 bridgehead atoms. The number of nitrogens with two attached hydrogens (primary N) is 1. The minimum atomic E-state index is -0.902. The van der Waals surface area contributed by atoms with Crippen LogP contribution < -0.4 is 5.73 Å². The Kier molecular flexibility index (Phi) is 3.12. The van der Waals surface area contributed by atoms with Gasteiger partial charge in [0.2, 0.25) is 0 Å². The van der Waals surface area contributed by atoms with Gasteiger partial charge < -0.3 is 10.5 Å². The number of nitrogens with zero attached hydrogens (tertiary/aromatic N) is 1. The first-order chi connectivity index (χ1) is 7.33. The van der Waals surface area contributed by atoms with E-state index in [2.05, 4.69) is 0 Å². The average molecular weight is 224 g/mol. The number of carbonyl (C=O) groups is 1. The molecule has 0 heterocycles. The molecule has 0 saturated heterocycles. The van der Waals surface area contributed by atoms with Crippen LogP contribution in [0.3, 0.4) is 0 Å². The maximum Gasteiger partial charge on any atom is 0.405 e. The Morgan fingerprint density at radius 3 is 2.25 bits per heavy atom. The zero-order valence-electron chi connectivity index (χ0n) is 8.97. The molecule has 0 spiro atoms. The molecule has 0 unspecified atom stereocenters. The smallest absolute Gasteiger partial charge is 0.405 e. The summed E-state index contributed by atoms with van der Waals surface area (Å²) in [4.78, 5) is 20.6. The van der Waals surface area contributed by atoms with Crippen LogP contribution in [0, 0.1) is 10.1 Å². The van der Waals surface area contributed by atoms with Gasteiger partial charge in [-0.1, -0.05) is 0 Å². The molecule has 0 aliphatic heterocycles. The number of hydrogen-bond acceptors (Lipinski definition) is 4. The average Bonchev–Trinajstić information content (AvgIpc) is 2.16. The highest BCUT2D eigenvalue weighted by Crippen LogP contribution is 2.26. The molecule has 0 radical (unpaired) electrons. The summed E-state index contributed by atoms with van der Waals surface area (Å²) in [6.07, 6.45) is -0.886. The third-order valence-electron chi connectivity index (χ3n) is 2.13. The van der Waals surface area contributed by atoms with Gasteiger partial charge in [0, 0.05) is 12.1 Å². The Morgan fingerprint density at radius 2 is 1.88 bits per heavy atom. The summed E-state index contributed by atoms with van der Waals surface area (Å²) in [5.74, 6) is 0. The largest absolute Gasteiger partial charge is 0.439 e. The van der Waals surface area contributed by atoms with E-state index < -0.39 is 16.6 Å². The number of nitro groups is 1. The summed E-state index contributed by atoms with van der Waals surface area (Å²) < 4.78 is 4.89. The summed E-state index contributed by atoms with van der Waals surface area (Å²) in [5.41, 5.74) is 4.64. The van der Waals surface area contributed by atoms with Crippen LogP contribution in [-0.4, -0.2) is 11.0 Å². The number of ether oxygens (including phenoxy) is 1. The second-order valence-corrected chi connectivity index (χ2v) is 3.74. The summed E-state index contributed by atoms with van der Waals surface area (Å²) in [5, 5.41) is 10.4. The van der Waals surface area contributed by atoms with Gasteiger partial charge in [0.1, 0.15) is 5.60 Å². The van der Waals surface area contributed by atoms with Crippen LogP contribution in [0.1, 0.15) is 19.4 Å². The number of amides is 1. The van der Waals surface area contributed by atoms with Crippen molar-refractivity contribution < 1.29 is 14.5 Å². The molecular formula is C10H12N2O4. The summed E-state index contributed by atoms with van der Waals surface area (Å²) >= 11 is 0. The van der Waals surface area contributed by atoms with Crippen molar-refractivity contribution in [2.75, 3.05) is 0 Å².